The molecule has 2 heterocycles. The predicted molar refractivity (Wildman–Crippen MR) is 136 cm³/mol. The number of benzene rings is 2. The number of fused-ring (bicyclic) bond motifs is 1. The van der Waals surface area contributed by atoms with Gasteiger partial charge < -0.3 is 15.7 Å². The number of aliphatic hydroxyl groups excluding tert-OH is 1. The summed E-state index contributed by atoms with van der Waals surface area (Å²) in [6.07, 6.45) is 1.07. The van der Waals surface area contributed by atoms with Crippen LogP contribution in [0.3, 0.4) is 0 Å². The van der Waals surface area contributed by atoms with Crippen LogP contribution in [0.4, 0.5) is 0 Å². The van der Waals surface area contributed by atoms with Gasteiger partial charge in [-0.25, -0.2) is 4.99 Å². The van der Waals surface area contributed by atoms with E-state index in [1.807, 2.05) is 60.0 Å². The van der Waals surface area contributed by atoms with Gasteiger partial charge >= 0.3 is 0 Å². The molecule has 4 aromatic rings. The maximum Gasteiger partial charge on any atom is 0.191 e. The van der Waals surface area contributed by atoms with Crippen molar-refractivity contribution in [3.8, 4) is 5.69 Å². The summed E-state index contributed by atoms with van der Waals surface area (Å²) in [5, 5.41) is 26.4. The Hall–Kier alpha value is -2.50. The van der Waals surface area contributed by atoms with Crippen molar-refractivity contribution in [3.05, 3.63) is 77.7 Å². The molecule has 4 rings (SSSR count). The molecule has 0 amide bonds. The fraction of sp³-hybridized carbons (Fsp3) is 0.227. The lowest BCUT2D eigenvalue weighted by atomic mass is 10.2. The summed E-state index contributed by atoms with van der Waals surface area (Å²) in [5.41, 5.74) is 0.992. The first kappa shape index (κ1) is 23.2. The monoisotopic (exact) mass is 548 g/mol. The Bertz CT molecular complexity index is 1090. The molecule has 2 aromatic carbocycles. The normalized spacial score (nSPS) is 12.4. The number of hydrogen-bond donors (Lipinski definition) is 3. The Labute approximate surface area is 202 Å². The first-order valence-electron chi connectivity index (χ1n) is 9.87. The van der Waals surface area contributed by atoms with Crippen LogP contribution in [0.15, 0.2) is 72.0 Å². The molecule has 0 aliphatic heterocycles. The van der Waals surface area contributed by atoms with E-state index in [-0.39, 0.29) is 24.0 Å². The maximum atomic E-state index is 10.6. The van der Waals surface area contributed by atoms with Crippen molar-refractivity contribution in [2.75, 3.05) is 13.1 Å². The zero-order valence-electron chi connectivity index (χ0n) is 17.1. The highest BCUT2D eigenvalue weighted by Crippen LogP contribution is 2.29. The van der Waals surface area contributed by atoms with E-state index >= 15 is 0 Å². The Morgan fingerprint density at radius 2 is 1.90 bits per heavy atom. The largest absolute Gasteiger partial charge is 0.386 e. The second kappa shape index (κ2) is 11.2. The van der Waals surface area contributed by atoms with Gasteiger partial charge in [-0.15, -0.1) is 45.5 Å². The lowest BCUT2D eigenvalue weighted by molar-refractivity contribution is 0.184. The molecule has 3 N–H and O–H groups in total. The lowest BCUT2D eigenvalue weighted by Crippen LogP contribution is -2.39. The molecule has 2 aromatic heterocycles. The molecule has 9 heteroatoms. The number of nitrogens with one attached hydrogen (secondary N) is 2. The molecule has 1 atom stereocenters. The third kappa shape index (κ3) is 5.81. The average Bonchev–Trinajstić information content (AvgIpc) is 3.43. The van der Waals surface area contributed by atoms with E-state index in [1.165, 1.54) is 4.70 Å². The number of thiophene rings is 1. The molecular formula is C22H25IN6OS. The summed E-state index contributed by atoms with van der Waals surface area (Å²) < 4.78 is 3.09. The van der Waals surface area contributed by atoms with E-state index < -0.39 is 6.10 Å². The number of aliphatic imine (C=N–C) groups is 1. The van der Waals surface area contributed by atoms with Crippen LogP contribution in [0.25, 0.3) is 15.8 Å². The summed E-state index contributed by atoms with van der Waals surface area (Å²) in [4.78, 5) is 5.55. The van der Waals surface area contributed by atoms with Crippen molar-refractivity contribution in [3.63, 3.8) is 0 Å². The Morgan fingerprint density at radius 1 is 1.13 bits per heavy atom. The number of aliphatic hydroxyl groups is 1. The van der Waals surface area contributed by atoms with Gasteiger partial charge in [0.05, 0.1) is 0 Å². The molecule has 0 spiro atoms. The minimum absolute atomic E-state index is 0. The zero-order chi connectivity index (χ0) is 20.8. The van der Waals surface area contributed by atoms with E-state index in [0.29, 0.717) is 19.0 Å². The van der Waals surface area contributed by atoms with Gasteiger partial charge in [0.15, 0.2) is 11.8 Å². The molecule has 0 saturated carbocycles. The van der Waals surface area contributed by atoms with Crippen molar-refractivity contribution in [2.45, 2.75) is 19.6 Å². The SMILES string of the molecule is CCNC(=NCc1nncn1-c1ccccc1)NCC(O)c1cc2ccccc2s1.I. The first-order chi connectivity index (χ1) is 14.7. The Kier molecular flexibility index (Phi) is 8.38. The number of para-hydroxylation sites is 1. The van der Waals surface area contributed by atoms with Crippen LogP contribution in [-0.4, -0.2) is 38.9 Å². The van der Waals surface area contributed by atoms with Crippen LogP contribution in [0.5, 0.6) is 0 Å². The summed E-state index contributed by atoms with van der Waals surface area (Å²) in [6, 6.07) is 20.1. The predicted octanol–water partition coefficient (Wildman–Crippen LogP) is 3.89. The van der Waals surface area contributed by atoms with Crippen molar-refractivity contribution in [1.82, 2.24) is 25.4 Å². The highest BCUT2D eigenvalue weighted by molar-refractivity contribution is 14.0. The highest BCUT2D eigenvalue weighted by atomic mass is 127. The van der Waals surface area contributed by atoms with Crippen LogP contribution in [0.1, 0.15) is 23.7 Å². The number of guanidine groups is 1. The molecule has 0 bridgehead atoms. The topological polar surface area (TPSA) is 87.4 Å². The molecule has 1 unspecified atom stereocenters. The van der Waals surface area contributed by atoms with E-state index in [1.54, 1.807) is 17.7 Å². The van der Waals surface area contributed by atoms with Crippen LogP contribution < -0.4 is 10.6 Å². The van der Waals surface area contributed by atoms with Gasteiger partial charge in [-0.05, 0) is 36.6 Å². The smallest absolute Gasteiger partial charge is 0.191 e. The fourth-order valence-electron chi connectivity index (χ4n) is 3.12. The van der Waals surface area contributed by atoms with E-state index in [0.717, 1.165) is 28.3 Å². The molecular weight excluding hydrogens is 523 g/mol. The second-order valence-corrected chi connectivity index (χ2v) is 7.85. The van der Waals surface area contributed by atoms with Crippen molar-refractivity contribution in [2.24, 2.45) is 4.99 Å². The van der Waals surface area contributed by atoms with Gasteiger partial charge in [0, 0.05) is 28.4 Å². The molecule has 0 fully saturated rings. The van der Waals surface area contributed by atoms with E-state index in [9.17, 15) is 5.11 Å². The van der Waals surface area contributed by atoms with Gasteiger partial charge in [-0.3, -0.25) is 4.57 Å². The van der Waals surface area contributed by atoms with Crippen LogP contribution in [0, 0.1) is 0 Å². The minimum Gasteiger partial charge on any atom is -0.386 e. The molecule has 31 heavy (non-hydrogen) atoms. The van der Waals surface area contributed by atoms with E-state index in [4.69, 9.17) is 0 Å². The Balaban J connectivity index is 0.00000272. The third-order valence-electron chi connectivity index (χ3n) is 4.61. The number of hydrogen-bond acceptors (Lipinski definition) is 5. The standard InChI is InChI=1S/C22H24N6OS.HI/c1-2-23-22(24-13-18(29)20-12-16-8-6-7-11-19(16)30-20)25-14-21-27-26-15-28(21)17-9-4-3-5-10-17;/h3-12,15,18,29H,2,13-14H2,1H3,(H2,23,24,25);1H. The van der Waals surface area contributed by atoms with Gasteiger partial charge in [0.25, 0.3) is 0 Å². The maximum absolute atomic E-state index is 10.6. The average molecular weight is 548 g/mol. The van der Waals surface area contributed by atoms with Gasteiger partial charge in [-0.2, -0.15) is 0 Å². The molecule has 162 valence electrons. The molecule has 0 saturated heterocycles. The third-order valence-corrected chi connectivity index (χ3v) is 5.83. The Morgan fingerprint density at radius 3 is 2.68 bits per heavy atom. The van der Waals surface area contributed by atoms with Crippen LogP contribution in [0.2, 0.25) is 0 Å². The molecule has 0 aliphatic carbocycles. The summed E-state index contributed by atoms with van der Waals surface area (Å²) in [7, 11) is 0. The van der Waals surface area contributed by atoms with Crippen LogP contribution in [-0.2, 0) is 6.54 Å². The summed E-state index contributed by atoms with van der Waals surface area (Å²) >= 11 is 1.61. The van der Waals surface area contributed by atoms with Gasteiger partial charge in [0.1, 0.15) is 19.0 Å². The number of rotatable bonds is 7. The lowest BCUT2D eigenvalue weighted by Gasteiger charge is -2.14. The number of aromatic nitrogens is 3. The highest BCUT2D eigenvalue weighted by Gasteiger charge is 2.12. The van der Waals surface area contributed by atoms with Crippen molar-refractivity contribution >= 4 is 51.4 Å². The molecule has 0 aliphatic rings. The summed E-state index contributed by atoms with van der Waals surface area (Å²) in [6.45, 7) is 3.45. The zero-order valence-corrected chi connectivity index (χ0v) is 20.2. The molecule has 7 nitrogen and oxygen atoms in total. The second-order valence-electron chi connectivity index (χ2n) is 6.73. The van der Waals surface area contributed by atoms with Gasteiger partial charge in [-0.1, -0.05) is 36.4 Å². The van der Waals surface area contributed by atoms with Crippen molar-refractivity contribution in [1.29, 1.82) is 0 Å². The minimum atomic E-state index is -0.612. The number of nitrogens with zero attached hydrogens (tertiary/aromatic N) is 4. The van der Waals surface area contributed by atoms with Gasteiger partial charge in [0.2, 0.25) is 0 Å². The fourth-order valence-corrected chi connectivity index (χ4v) is 4.17. The number of halogens is 1. The van der Waals surface area contributed by atoms with Crippen molar-refractivity contribution < 1.29 is 5.11 Å². The summed E-state index contributed by atoms with van der Waals surface area (Å²) in [5.74, 6) is 1.36. The quantitative estimate of drug-likeness (QED) is 0.185. The first-order valence-corrected chi connectivity index (χ1v) is 10.7. The van der Waals surface area contributed by atoms with E-state index in [2.05, 4.69) is 38.0 Å². The molecule has 0 radical (unpaired) electrons. The van der Waals surface area contributed by atoms with Crippen LogP contribution >= 0.6 is 35.3 Å².